The SMILES string of the molecule is Cc1ccc(-c2cnc(-n3c4[c-]c(Oc5[c-]c(N6[CH-]N(c7c(-c8ccccc8)cccc7-c7ccc(C(C)(C)C)cc7)c7ccccc76)ccc5)c(-c5ccccc5)cc4c4cc(-c5ccccc5)ccc43)cc2C)cc1.[Pt]. The maximum absolute atomic E-state index is 7.15. The molecule has 10 aromatic carbocycles. The van der Waals surface area contributed by atoms with Gasteiger partial charge in [-0.3, -0.25) is 0 Å². The molecule has 2 aromatic heterocycles. The van der Waals surface area contributed by atoms with Gasteiger partial charge in [-0.2, -0.15) is 12.1 Å². The first-order valence-electron chi connectivity index (χ1n) is 26.3. The zero-order valence-electron chi connectivity index (χ0n) is 44.1. The number of aromatic nitrogens is 2. The molecule has 0 radical (unpaired) electrons. The standard InChI is InChI=1S/C72H55N4O.Pt/c1-48-31-33-54(34-32-48)64-46-73-70(41-49(64)2)76-65-40-37-55(50-19-9-6-10-20-50)42-62(65)63-44-61(52-23-13-8-14-24-52)69(45-68(63)76)77-58-26-17-25-57(43-58)74-47-75(67-30-16-15-29-66(67)74)71-59(51-21-11-7-12-22-51)27-18-28-60(71)53-35-38-56(39-36-53)72(3,4)5;/h6-42,44,46-47H,1-5H3;/q-3;. The summed E-state index contributed by atoms with van der Waals surface area (Å²) in [6, 6.07) is 89.6. The van der Waals surface area contributed by atoms with Gasteiger partial charge in [0.15, 0.2) is 0 Å². The van der Waals surface area contributed by atoms with Crippen LogP contribution in [0.5, 0.6) is 11.5 Å². The van der Waals surface area contributed by atoms with E-state index < -0.39 is 0 Å². The van der Waals surface area contributed by atoms with Crippen molar-refractivity contribution in [3.63, 3.8) is 0 Å². The number of hydrogen-bond acceptors (Lipinski definition) is 4. The van der Waals surface area contributed by atoms with Crippen LogP contribution >= 0.6 is 0 Å². The van der Waals surface area contributed by atoms with Crippen LogP contribution in [0.15, 0.2) is 237 Å². The second-order valence-corrected chi connectivity index (χ2v) is 21.0. The number of hydrogen-bond donors (Lipinski definition) is 0. The molecule has 1 aliphatic heterocycles. The summed E-state index contributed by atoms with van der Waals surface area (Å²) >= 11 is 0. The molecule has 1 aliphatic rings. The number of ether oxygens (including phenoxy) is 1. The summed E-state index contributed by atoms with van der Waals surface area (Å²) in [6.07, 6.45) is 2.00. The van der Waals surface area contributed by atoms with Crippen LogP contribution in [0.25, 0.3) is 83.3 Å². The smallest absolute Gasteiger partial charge is 0.135 e. The molecule has 0 saturated carbocycles. The molecule has 0 unspecified atom stereocenters. The van der Waals surface area contributed by atoms with E-state index >= 15 is 0 Å². The average molecular weight is 1190 g/mol. The summed E-state index contributed by atoms with van der Waals surface area (Å²) in [7, 11) is 0. The van der Waals surface area contributed by atoms with Crippen LogP contribution in [0.3, 0.4) is 0 Å². The van der Waals surface area contributed by atoms with Gasteiger partial charge < -0.3 is 19.1 Å². The molecular weight excluding hydrogens is 1130 g/mol. The molecule has 0 fully saturated rings. The Morgan fingerprint density at radius 1 is 0.474 bits per heavy atom. The number of pyridine rings is 1. The van der Waals surface area contributed by atoms with Crippen molar-refractivity contribution in [2.75, 3.05) is 9.80 Å². The molecule has 0 N–H and O–H groups in total. The van der Waals surface area contributed by atoms with Gasteiger partial charge >= 0.3 is 0 Å². The van der Waals surface area contributed by atoms with Crippen LogP contribution in [0.1, 0.15) is 37.5 Å². The fourth-order valence-electron chi connectivity index (χ4n) is 10.9. The van der Waals surface area contributed by atoms with E-state index in [0.717, 1.165) is 112 Å². The molecule has 12 aromatic rings. The van der Waals surface area contributed by atoms with Crippen molar-refractivity contribution in [3.8, 4) is 73.0 Å². The molecule has 3 heterocycles. The van der Waals surface area contributed by atoms with E-state index in [1.807, 2.05) is 24.4 Å². The van der Waals surface area contributed by atoms with Gasteiger partial charge in [0, 0.05) is 78.0 Å². The van der Waals surface area contributed by atoms with Crippen molar-refractivity contribution in [1.82, 2.24) is 9.55 Å². The molecule has 0 aliphatic carbocycles. The summed E-state index contributed by atoms with van der Waals surface area (Å²) in [4.78, 5) is 9.76. The molecule has 0 saturated heterocycles. The van der Waals surface area contributed by atoms with Gasteiger partial charge in [0.05, 0.1) is 0 Å². The van der Waals surface area contributed by atoms with Crippen LogP contribution in [0.4, 0.5) is 22.7 Å². The Morgan fingerprint density at radius 3 is 1.69 bits per heavy atom. The molecule has 0 spiro atoms. The predicted molar refractivity (Wildman–Crippen MR) is 320 cm³/mol. The van der Waals surface area contributed by atoms with E-state index in [4.69, 9.17) is 9.72 Å². The Bertz CT molecular complexity index is 4150. The topological polar surface area (TPSA) is 33.5 Å². The number of nitrogens with zero attached hydrogens (tertiary/aromatic N) is 4. The van der Waals surface area contributed by atoms with Crippen molar-refractivity contribution in [3.05, 3.63) is 272 Å². The molecular formula is C72H55N4OPt-3. The Kier molecular flexibility index (Phi) is 13.3. The molecule has 6 heteroatoms. The van der Waals surface area contributed by atoms with Gasteiger partial charge in [-0.1, -0.05) is 225 Å². The molecule has 382 valence electrons. The second kappa shape index (κ2) is 20.6. The zero-order chi connectivity index (χ0) is 52.2. The minimum atomic E-state index is 0. The predicted octanol–water partition coefficient (Wildman–Crippen LogP) is 19.2. The Morgan fingerprint density at radius 2 is 1.04 bits per heavy atom. The number of benzene rings is 10. The van der Waals surface area contributed by atoms with Crippen LogP contribution in [0.2, 0.25) is 0 Å². The van der Waals surface area contributed by atoms with Crippen LogP contribution in [-0.4, -0.2) is 9.55 Å². The van der Waals surface area contributed by atoms with Crippen molar-refractivity contribution >= 4 is 44.6 Å². The average Bonchev–Trinajstić information content (AvgIpc) is 4.25. The Hall–Kier alpha value is -8.76. The molecule has 0 bridgehead atoms. The molecule has 0 atom stereocenters. The summed E-state index contributed by atoms with van der Waals surface area (Å²) in [6.45, 7) is 13.3. The fraction of sp³-hybridized carbons (Fsp3) is 0.0833. The number of rotatable bonds is 10. The van der Waals surface area contributed by atoms with E-state index in [1.54, 1.807) is 0 Å². The van der Waals surface area contributed by atoms with Crippen LogP contribution < -0.4 is 14.5 Å². The fourth-order valence-corrected chi connectivity index (χ4v) is 10.9. The number of anilines is 4. The van der Waals surface area contributed by atoms with Gasteiger partial charge in [0.2, 0.25) is 0 Å². The van der Waals surface area contributed by atoms with Crippen molar-refractivity contribution in [1.29, 1.82) is 0 Å². The van der Waals surface area contributed by atoms with Gasteiger partial charge in [-0.25, -0.2) is 4.98 Å². The van der Waals surface area contributed by atoms with Crippen LogP contribution in [0, 0.1) is 32.6 Å². The largest absolute Gasteiger partial charge is 0.509 e. The van der Waals surface area contributed by atoms with Gasteiger partial charge in [-0.15, -0.1) is 42.0 Å². The van der Waals surface area contributed by atoms with Gasteiger partial charge in [-0.05, 0) is 87.9 Å². The van der Waals surface area contributed by atoms with E-state index in [9.17, 15) is 0 Å². The summed E-state index contributed by atoms with van der Waals surface area (Å²) < 4.78 is 9.38. The molecule has 0 amide bonds. The molecule has 13 rings (SSSR count). The summed E-state index contributed by atoms with van der Waals surface area (Å²) in [5.74, 6) is 1.96. The second-order valence-electron chi connectivity index (χ2n) is 21.0. The number of aryl methyl sites for hydroxylation is 2. The maximum atomic E-state index is 7.15. The van der Waals surface area contributed by atoms with E-state index in [-0.39, 0.29) is 26.5 Å². The van der Waals surface area contributed by atoms with Crippen molar-refractivity contribution in [2.45, 2.75) is 40.0 Å². The normalized spacial score (nSPS) is 12.2. The molecule has 78 heavy (non-hydrogen) atoms. The summed E-state index contributed by atoms with van der Waals surface area (Å²) in [5.41, 5.74) is 20.7. The number of fused-ring (bicyclic) bond motifs is 4. The third-order valence-corrected chi connectivity index (χ3v) is 14.9. The van der Waals surface area contributed by atoms with Crippen molar-refractivity contribution in [2.24, 2.45) is 0 Å². The van der Waals surface area contributed by atoms with Gasteiger partial charge in [0.1, 0.15) is 5.82 Å². The van der Waals surface area contributed by atoms with E-state index in [1.165, 1.54) is 11.1 Å². The minimum Gasteiger partial charge on any atom is -0.509 e. The van der Waals surface area contributed by atoms with E-state index in [0.29, 0.717) is 11.5 Å². The van der Waals surface area contributed by atoms with Gasteiger partial charge in [0.25, 0.3) is 0 Å². The molecule has 5 nitrogen and oxygen atoms in total. The minimum absolute atomic E-state index is 0. The first kappa shape index (κ1) is 50.1. The quantitative estimate of drug-likeness (QED) is 0.128. The third kappa shape index (κ3) is 9.29. The van der Waals surface area contributed by atoms with Crippen molar-refractivity contribution < 1.29 is 25.8 Å². The maximum Gasteiger partial charge on any atom is 0.135 e. The zero-order valence-corrected chi connectivity index (χ0v) is 46.4. The number of para-hydroxylation sites is 3. The van der Waals surface area contributed by atoms with E-state index in [2.05, 4.69) is 280 Å². The Balaban J connectivity index is 0.00000609. The Labute approximate surface area is 472 Å². The van der Waals surface area contributed by atoms with Crippen LogP contribution in [-0.2, 0) is 26.5 Å². The summed E-state index contributed by atoms with van der Waals surface area (Å²) in [5, 5.41) is 2.15. The first-order chi connectivity index (χ1) is 37.6. The first-order valence-corrected chi connectivity index (χ1v) is 26.3. The monoisotopic (exact) mass is 1190 g/mol. The third-order valence-electron chi connectivity index (χ3n) is 14.9.